The van der Waals surface area contributed by atoms with Crippen molar-refractivity contribution in [1.82, 2.24) is 14.9 Å². The third-order valence-corrected chi connectivity index (χ3v) is 3.22. The highest BCUT2D eigenvalue weighted by molar-refractivity contribution is 4.96. The molecule has 0 saturated heterocycles. The van der Waals surface area contributed by atoms with Crippen LogP contribution in [0.25, 0.3) is 0 Å². The van der Waals surface area contributed by atoms with Crippen molar-refractivity contribution in [1.29, 1.82) is 0 Å². The predicted octanol–water partition coefficient (Wildman–Crippen LogP) is 0.765. The maximum absolute atomic E-state index is 9.15. The largest absolute Gasteiger partial charge is 0.396 e. The van der Waals surface area contributed by atoms with Crippen LogP contribution in [-0.4, -0.2) is 27.8 Å². The Labute approximate surface area is 90.3 Å². The summed E-state index contributed by atoms with van der Waals surface area (Å²) in [5, 5.41) is 12.5. The Kier molecular flexibility index (Phi) is 3.07. The number of imidazole rings is 1. The van der Waals surface area contributed by atoms with E-state index in [1.807, 2.05) is 12.4 Å². The van der Waals surface area contributed by atoms with Gasteiger partial charge in [-0.05, 0) is 19.8 Å². The molecular weight excluding hydrogens is 190 g/mol. The van der Waals surface area contributed by atoms with Crippen molar-refractivity contribution in [2.45, 2.75) is 32.9 Å². The lowest BCUT2D eigenvalue weighted by Gasteiger charge is -2.12. The number of nitrogens with zero attached hydrogens (tertiary/aromatic N) is 2. The van der Waals surface area contributed by atoms with Crippen LogP contribution in [0.1, 0.15) is 25.6 Å². The molecular formula is C11H19N3O. The molecule has 1 saturated carbocycles. The SMILES string of the molecule is CCn1ccnc1CNCC1(CO)CC1. The molecule has 1 heterocycles. The average molecular weight is 209 g/mol. The molecule has 15 heavy (non-hydrogen) atoms. The lowest BCUT2D eigenvalue weighted by atomic mass is 10.1. The van der Waals surface area contributed by atoms with E-state index < -0.39 is 0 Å². The molecule has 2 N–H and O–H groups in total. The smallest absolute Gasteiger partial charge is 0.122 e. The number of aryl methyl sites for hydroxylation is 1. The zero-order valence-electron chi connectivity index (χ0n) is 9.24. The molecule has 84 valence electrons. The number of hydrogen-bond acceptors (Lipinski definition) is 3. The van der Waals surface area contributed by atoms with Crippen molar-refractivity contribution in [3.63, 3.8) is 0 Å². The Morgan fingerprint density at radius 2 is 2.40 bits per heavy atom. The van der Waals surface area contributed by atoms with E-state index in [-0.39, 0.29) is 5.41 Å². The van der Waals surface area contributed by atoms with E-state index in [4.69, 9.17) is 5.11 Å². The van der Waals surface area contributed by atoms with Gasteiger partial charge in [0.15, 0.2) is 0 Å². The number of aliphatic hydroxyl groups excluding tert-OH is 1. The minimum absolute atomic E-state index is 0.184. The molecule has 1 aliphatic carbocycles. The van der Waals surface area contributed by atoms with Crippen LogP contribution in [0.2, 0.25) is 0 Å². The van der Waals surface area contributed by atoms with E-state index >= 15 is 0 Å². The van der Waals surface area contributed by atoms with Crippen molar-refractivity contribution >= 4 is 0 Å². The Bertz CT molecular complexity index is 317. The van der Waals surface area contributed by atoms with Gasteiger partial charge < -0.3 is 15.0 Å². The van der Waals surface area contributed by atoms with Crippen LogP contribution in [0.15, 0.2) is 12.4 Å². The van der Waals surface area contributed by atoms with Crippen LogP contribution in [0.4, 0.5) is 0 Å². The first-order chi connectivity index (χ1) is 7.29. The molecule has 1 fully saturated rings. The standard InChI is InChI=1S/C11H19N3O/c1-2-14-6-5-13-10(14)7-12-8-11(9-15)3-4-11/h5-6,12,15H,2-4,7-9H2,1H3. The van der Waals surface area contributed by atoms with E-state index in [0.29, 0.717) is 6.61 Å². The summed E-state index contributed by atoms with van der Waals surface area (Å²) in [7, 11) is 0. The molecule has 4 heteroatoms. The Balaban J connectivity index is 1.78. The first-order valence-corrected chi connectivity index (χ1v) is 5.61. The molecule has 2 rings (SSSR count). The van der Waals surface area contributed by atoms with Gasteiger partial charge in [0.1, 0.15) is 5.82 Å². The van der Waals surface area contributed by atoms with E-state index in [1.54, 1.807) is 0 Å². The summed E-state index contributed by atoms with van der Waals surface area (Å²) in [4.78, 5) is 4.29. The molecule has 1 aromatic heterocycles. The third-order valence-electron chi connectivity index (χ3n) is 3.22. The fourth-order valence-electron chi connectivity index (χ4n) is 1.80. The molecule has 0 spiro atoms. The van der Waals surface area contributed by atoms with Gasteiger partial charge >= 0.3 is 0 Å². The summed E-state index contributed by atoms with van der Waals surface area (Å²) < 4.78 is 2.13. The van der Waals surface area contributed by atoms with Crippen molar-refractivity contribution < 1.29 is 5.11 Å². The highest BCUT2D eigenvalue weighted by Gasteiger charge is 2.41. The molecule has 0 atom stereocenters. The summed E-state index contributed by atoms with van der Waals surface area (Å²) in [5.74, 6) is 1.08. The van der Waals surface area contributed by atoms with Gasteiger partial charge in [0.25, 0.3) is 0 Å². The number of hydrogen-bond donors (Lipinski definition) is 2. The molecule has 0 aliphatic heterocycles. The minimum atomic E-state index is 0.184. The van der Waals surface area contributed by atoms with E-state index in [1.165, 1.54) is 0 Å². The first-order valence-electron chi connectivity index (χ1n) is 5.61. The topological polar surface area (TPSA) is 50.1 Å². The van der Waals surface area contributed by atoms with E-state index in [0.717, 1.165) is 38.3 Å². The third kappa shape index (κ3) is 2.38. The van der Waals surface area contributed by atoms with Gasteiger partial charge in [0.2, 0.25) is 0 Å². The second-order valence-electron chi connectivity index (χ2n) is 4.39. The van der Waals surface area contributed by atoms with Crippen LogP contribution in [-0.2, 0) is 13.1 Å². The van der Waals surface area contributed by atoms with Gasteiger partial charge in [-0.25, -0.2) is 4.98 Å². The zero-order valence-corrected chi connectivity index (χ0v) is 9.24. The lowest BCUT2D eigenvalue weighted by molar-refractivity contribution is 0.207. The molecule has 0 unspecified atom stereocenters. The van der Waals surface area contributed by atoms with Crippen LogP contribution < -0.4 is 5.32 Å². The average Bonchev–Trinajstić information content (AvgIpc) is 2.90. The number of aliphatic hydroxyl groups is 1. The fourth-order valence-corrected chi connectivity index (χ4v) is 1.80. The fraction of sp³-hybridized carbons (Fsp3) is 0.727. The molecule has 0 bridgehead atoms. The Morgan fingerprint density at radius 1 is 1.60 bits per heavy atom. The first kappa shape index (κ1) is 10.6. The second kappa shape index (κ2) is 4.33. The highest BCUT2D eigenvalue weighted by Crippen LogP contribution is 2.44. The summed E-state index contributed by atoms with van der Waals surface area (Å²) >= 11 is 0. The van der Waals surface area contributed by atoms with Crippen LogP contribution in [0.3, 0.4) is 0 Å². The van der Waals surface area contributed by atoms with Crippen molar-refractivity contribution in [3.05, 3.63) is 18.2 Å². The zero-order chi connectivity index (χ0) is 10.7. The van der Waals surface area contributed by atoms with Gasteiger partial charge in [0, 0.05) is 37.5 Å². The quantitative estimate of drug-likeness (QED) is 0.727. The maximum Gasteiger partial charge on any atom is 0.122 e. The van der Waals surface area contributed by atoms with Crippen LogP contribution in [0, 0.1) is 5.41 Å². The monoisotopic (exact) mass is 209 g/mol. The predicted molar refractivity (Wildman–Crippen MR) is 58.4 cm³/mol. The molecule has 0 radical (unpaired) electrons. The van der Waals surface area contributed by atoms with Crippen LogP contribution >= 0.6 is 0 Å². The summed E-state index contributed by atoms with van der Waals surface area (Å²) in [6.07, 6.45) is 6.13. The normalized spacial score (nSPS) is 18.0. The van der Waals surface area contributed by atoms with Crippen molar-refractivity contribution in [3.8, 4) is 0 Å². The summed E-state index contributed by atoms with van der Waals surface area (Å²) in [5.41, 5.74) is 0.184. The molecule has 0 amide bonds. The van der Waals surface area contributed by atoms with E-state index in [9.17, 15) is 0 Å². The van der Waals surface area contributed by atoms with Crippen molar-refractivity contribution in [2.75, 3.05) is 13.2 Å². The van der Waals surface area contributed by atoms with Gasteiger partial charge in [-0.1, -0.05) is 0 Å². The minimum Gasteiger partial charge on any atom is -0.396 e. The lowest BCUT2D eigenvalue weighted by Crippen LogP contribution is -2.27. The summed E-state index contributed by atoms with van der Waals surface area (Å²) in [6, 6.07) is 0. The molecule has 0 aromatic carbocycles. The molecule has 1 aliphatic rings. The van der Waals surface area contributed by atoms with Gasteiger partial charge in [0.05, 0.1) is 6.54 Å². The number of rotatable bonds is 6. The Hall–Kier alpha value is -0.870. The van der Waals surface area contributed by atoms with Crippen molar-refractivity contribution in [2.24, 2.45) is 5.41 Å². The number of nitrogens with one attached hydrogen (secondary N) is 1. The second-order valence-corrected chi connectivity index (χ2v) is 4.39. The highest BCUT2D eigenvalue weighted by atomic mass is 16.3. The molecule has 1 aromatic rings. The van der Waals surface area contributed by atoms with Gasteiger partial charge in [-0.2, -0.15) is 0 Å². The van der Waals surface area contributed by atoms with E-state index in [2.05, 4.69) is 21.8 Å². The summed E-state index contributed by atoms with van der Waals surface area (Å²) in [6.45, 7) is 5.08. The molecule has 4 nitrogen and oxygen atoms in total. The van der Waals surface area contributed by atoms with Gasteiger partial charge in [-0.15, -0.1) is 0 Å². The maximum atomic E-state index is 9.15. The van der Waals surface area contributed by atoms with Crippen LogP contribution in [0.5, 0.6) is 0 Å². The van der Waals surface area contributed by atoms with Gasteiger partial charge in [-0.3, -0.25) is 0 Å². The number of aromatic nitrogens is 2. The Morgan fingerprint density at radius 3 is 3.00 bits per heavy atom.